The third kappa shape index (κ3) is 5.93. The second kappa shape index (κ2) is 15.2. The monoisotopic (exact) mass is 818 g/mol. The van der Waals surface area contributed by atoms with Gasteiger partial charge in [0, 0.05) is 32.9 Å². The van der Waals surface area contributed by atoms with Crippen LogP contribution in [0.1, 0.15) is 0 Å². The molecule has 10 aromatic carbocycles. The number of fused-ring (bicyclic) bond motifs is 6. The zero-order chi connectivity index (χ0) is 41.7. The Morgan fingerprint density at radius 2 is 0.730 bits per heavy atom. The lowest BCUT2D eigenvalue weighted by Crippen LogP contribution is -2.75. The second-order valence-electron chi connectivity index (χ2n) is 16.5. The highest BCUT2D eigenvalue weighted by atomic mass is 28.3. The summed E-state index contributed by atoms with van der Waals surface area (Å²) in [4.78, 5) is 0. The molecule has 0 saturated heterocycles. The predicted molar refractivity (Wildman–Crippen MR) is 270 cm³/mol. The molecule has 0 saturated carbocycles. The van der Waals surface area contributed by atoms with Crippen molar-refractivity contribution in [1.29, 1.82) is 0 Å². The van der Waals surface area contributed by atoms with E-state index in [0.29, 0.717) is 0 Å². The van der Waals surface area contributed by atoms with Gasteiger partial charge in [-0.1, -0.05) is 212 Å². The van der Waals surface area contributed by atoms with Crippen molar-refractivity contribution in [2.24, 2.45) is 0 Å². The van der Waals surface area contributed by atoms with Gasteiger partial charge in [0.05, 0.1) is 22.1 Å². The Kier molecular flexibility index (Phi) is 8.87. The van der Waals surface area contributed by atoms with E-state index < -0.39 is 8.07 Å². The van der Waals surface area contributed by atoms with Crippen LogP contribution >= 0.6 is 0 Å². The lowest BCUT2D eigenvalue weighted by molar-refractivity contribution is 1.16. The molecule has 2 heterocycles. The van der Waals surface area contributed by atoms with E-state index in [1.165, 1.54) is 86.6 Å². The van der Waals surface area contributed by atoms with Crippen molar-refractivity contribution in [3.8, 4) is 33.6 Å². The number of rotatable bonds is 8. The van der Waals surface area contributed by atoms with Crippen molar-refractivity contribution >= 4 is 72.4 Å². The van der Waals surface area contributed by atoms with Gasteiger partial charge in [0.2, 0.25) is 0 Å². The fraction of sp³-hybridized carbons (Fsp3) is 0. The summed E-state index contributed by atoms with van der Waals surface area (Å²) in [6, 6.07) is 94.4. The maximum absolute atomic E-state index is 2.98. The first-order chi connectivity index (χ1) is 31.3. The quantitative estimate of drug-likeness (QED) is 0.107. The van der Waals surface area contributed by atoms with Crippen molar-refractivity contribution in [2.45, 2.75) is 0 Å². The number of benzene rings is 10. The topological polar surface area (TPSA) is 9.86 Å². The Hall–Kier alpha value is -7.98. The molecular weight excluding hydrogens is 777 g/mol. The molecule has 0 atom stereocenters. The molecule has 0 aliphatic heterocycles. The molecule has 0 spiro atoms. The van der Waals surface area contributed by atoms with Crippen LogP contribution in [0.5, 0.6) is 0 Å². The lowest BCUT2D eigenvalue weighted by atomic mass is 10.0. The molecule has 296 valence electrons. The highest BCUT2D eigenvalue weighted by molar-refractivity contribution is 7.20. The SMILES string of the molecule is c1ccc(-c2cccc(-n3c4ccccc4c4ccc(-n5c6ccc(-c7ccccc7)cc6c6cccc([Si](c7ccccc7)(c7ccccc7)c7ccccc7)c65)cc43)c2)cc1. The van der Waals surface area contributed by atoms with Gasteiger partial charge < -0.3 is 9.13 Å². The predicted octanol–water partition coefficient (Wildman–Crippen LogP) is 12.6. The first kappa shape index (κ1) is 36.8. The normalized spacial score (nSPS) is 11.8. The fourth-order valence-electron chi connectivity index (χ4n) is 10.3. The molecule has 0 fully saturated rings. The number of hydrogen-bond acceptors (Lipinski definition) is 0. The summed E-state index contributed by atoms with van der Waals surface area (Å²) in [5, 5.41) is 10.4. The Bertz CT molecular complexity index is 3500. The second-order valence-corrected chi connectivity index (χ2v) is 20.2. The summed E-state index contributed by atoms with van der Waals surface area (Å²) in [6.45, 7) is 0. The van der Waals surface area contributed by atoms with Crippen molar-refractivity contribution in [2.75, 3.05) is 0 Å². The number of hydrogen-bond donors (Lipinski definition) is 0. The lowest BCUT2D eigenvalue weighted by Gasteiger charge is -2.35. The van der Waals surface area contributed by atoms with Gasteiger partial charge in [-0.15, -0.1) is 0 Å². The molecule has 0 aliphatic carbocycles. The van der Waals surface area contributed by atoms with Crippen molar-refractivity contribution in [3.63, 3.8) is 0 Å². The first-order valence-electron chi connectivity index (χ1n) is 21.8. The summed E-state index contributed by atoms with van der Waals surface area (Å²) >= 11 is 0. The van der Waals surface area contributed by atoms with Crippen LogP contribution in [0.4, 0.5) is 0 Å². The minimum Gasteiger partial charge on any atom is -0.309 e. The molecule has 2 nitrogen and oxygen atoms in total. The molecule has 0 amide bonds. The molecule has 12 rings (SSSR count). The van der Waals surface area contributed by atoms with Crippen molar-refractivity contribution in [3.05, 3.63) is 255 Å². The highest BCUT2D eigenvalue weighted by Gasteiger charge is 2.43. The van der Waals surface area contributed by atoms with Gasteiger partial charge >= 0.3 is 0 Å². The first-order valence-corrected chi connectivity index (χ1v) is 23.8. The molecule has 0 unspecified atom stereocenters. The average Bonchev–Trinajstić information content (AvgIpc) is 3.88. The minimum absolute atomic E-state index is 1.13. The van der Waals surface area contributed by atoms with Gasteiger partial charge in [-0.3, -0.25) is 0 Å². The summed E-state index contributed by atoms with van der Waals surface area (Å²) in [6.07, 6.45) is 0. The Balaban J connectivity index is 1.21. The average molecular weight is 819 g/mol. The molecule has 0 radical (unpaired) electrons. The third-order valence-electron chi connectivity index (χ3n) is 13.0. The molecule has 2 aromatic heterocycles. The van der Waals surface area contributed by atoms with Gasteiger partial charge in [-0.2, -0.15) is 0 Å². The number of aromatic nitrogens is 2. The van der Waals surface area contributed by atoms with Crippen LogP contribution in [-0.2, 0) is 0 Å². The van der Waals surface area contributed by atoms with Crippen LogP contribution in [0, 0.1) is 0 Å². The standard InChI is InChI=1S/C60H42N2Si/c1-6-20-43(21-7-1)45-24-18-25-47(40-45)61-56-34-17-16-32-52(56)53-38-37-48(42-58(53)61)62-57-39-36-46(44-22-8-2-9-23-44)41-55(57)54-33-19-35-59(60(54)62)63(49-26-10-3-11-27-49,50-28-12-4-13-29-50)51-30-14-5-15-31-51/h1-42H. The summed E-state index contributed by atoms with van der Waals surface area (Å²) in [7, 11) is -2.98. The van der Waals surface area contributed by atoms with Crippen LogP contribution in [0.25, 0.3) is 77.2 Å². The van der Waals surface area contributed by atoms with Crippen LogP contribution in [0.15, 0.2) is 255 Å². The minimum atomic E-state index is -2.98. The smallest absolute Gasteiger partial charge is 0.181 e. The summed E-state index contributed by atoms with van der Waals surface area (Å²) in [5.74, 6) is 0. The van der Waals surface area contributed by atoms with Gasteiger partial charge in [-0.05, 0) is 85.5 Å². The highest BCUT2D eigenvalue weighted by Crippen LogP contribution is 2.39. The molecule has 63 heavy (non-hydrogen) atoms. The molecule has 0 bridgehead atoms. The van der Waals surface area contributed by atoms with E-state index >= 15 is 0 Å². The van der Waals surface area contributed by atoms with Gasteiger partial charge in [0.1, 0.15) is 0 Å². The fourth-order valence-corrected chi connectivity index (χ4v) is 15.3. The summed E-state index contributed by atoms with van der Waals surface area (Å²) < 4.78 is 5.03. The van der Waals surface area contributed by atoms with Crippen molar-refractivity contribution in [1.82, 2.24) is 9.13 Å². The number of nitrogens with zero attached hydrogens (tertiary/aromatic N) is 2. The van der Waals surface area contributed by atoms with Crippen LogP contribution in [0.2, 0.25) is 0 Å². The van der Waals surface area contributed by atoms with Crippen LogP contribution in [0.3, 0.4) is 0 Å². The van der Waals surface area contributed by atoms with Gasteiger partial charge in [-0.25, -0.2) is 0 Å². The van der Waals surface area contributed by atoms with E-state index in [9.17, 15) is 0 Å². The Morgan fingerprint density at radius 1 is 0.254 bits per heavy atom. The maximum atomic E-state index is 2.58. The maximum Gasteiger partial charge on any atom is 0.181 e. The zero-order valence-electron chi connectivity index (χ0n) is 34.6. The van der Waals surface area contributed by atoms with Gasteiger partial charge in [0.25, 0.3) is 0 Å². The van der Waals surface area contributed by atoms with E-state index in [2.05, 4.69) is 264 Å². The Morgan fingerprint density at radius 3 is 1.37 bits per heavy atom. The molecule has 0 N–H and O–H groups in total. The van der Waals surface area contributed by atoms with Crippen LogP contribution < -0.4 is 20.7 Å². The summed E-state index contributed by atoms with van der Waals surface area (Å²) in [5.41, 5.74) is 11.9. The Labute approximate surface area is 368 Å². The largest absolute Gasteiger partial charge is 0.309 e. The van der Waals surface area contributed by atoms with Gasteiger partial charge in [0.15, 0.2) is 8.07 Å². The van der Waals surface area contributed by atoms with E-state index in [-0.39, 0.29) is 0 Å². The number of para-hydroxylation sites is 2. The third-order valence-corrected chi connectivity index (χ3v) is 17.9. The molecule has 3 heteroatoms. The van der Waals surface area contributed by atoms with Crippen LogP contribution in [-0.4, -0.2) is 17.2 Å². The van der Waals surface area contributed by atoms with E-state index in [0.717, 1.165) is 11.4 Å². The molecule has 12 aromatic rings. The molecule has 0 aliphatic rings. The zero-order valence-corrected chi connectivity index (χ0v) is 35.6. The van der Waals surface area contributed by atoms with E-state index in [1.54, 1.807) is 0 Å². The van der Waals surface area contributed by atoms with E-state index in [4.69, 9.17) is 0 Å². The van der Waals surface area contributed by atoms with E-state index in [1.807, 2.05) is 0 Å². The van der Waals surface area contributed by atoms with Crippen molar-refractivity contribution < 1.29 is 0 Å². The molecular formula is C60H42N2Si.